The van der Waals surface area contributed by atoms with Crippen LogP contribution in [-0.2, 0) is 4.79 Å². The summed E-state index contributed by atoms with van der Waals surface area (Å²) in [5.74, 6) is 0.687. The number of para-hydroxylation sites is 1. The molecule has 0 radical (unpaired) electrons. The Balaban J connectivity index is 1.86. The number of likely N-dealkylation sites (tertiary alicyclic amines) is 1. The molecule has 2 rings (SSSR count). The van der Waals surface area contributed by atoms with Gasteiger partial charge in [0.05, 0.1) is 11.3 Å². The van der Waals surface area contributed by atoms with Crippen molar-refractivity contribution in [1.29, 1.82) is 5.26 Å². The highest BCUT2D eigenvalue weighted by Crippen LogP contribution is 2.22. The number of nitrogens with zero attached hydrogens (tertiary/aromatic N) is 2. The Morgan fingerprint density at radius 2 is 2.20 bits per heavy atom. The van der Waals surface area contributed by atoms with Gasteiger partial charge >= 0.3 is 0 Å². The van der Waals surface area contributed by atoms with Crippen molar-refractivity contribution in [3.8, 4) is 6.07 Å². The molecule has 106 valence electrons. The summed E-state index contributed by atoms with van der Waals surface area (Å²) < 4.78 is 0. The Morgan fingerprint density at radius 3 is 2.85 bits per heavy atom. The first-order valence-electron chi connectivity index (χ1n) is 7.13. The maximum Gasteiger partial charge on any atom is 0.225 e. The van der Waals surface area contributed by atoms with E-state index < -0.39 is 0 Å². The molecule has 0 aliphatic carbocycles. The molecular formula is C16H21N3O. The zero-order chi connectivity index (χ0) is 14.5. The molecule has 1 aliphatic heterocycles. The third-order valence-corrected chi connectivity index (χ3v) is 3.86. The average Bonchev–Trinajstić information content (AvgIpc) is 2.75. The number of nitrogens with one attached hydrogen (secondary N) is 1. The van der Waals surface area contributed by atoms with Crippen LogP contribution in [0.5, 0.6) is 0 Å². The van der Waals surface area contributed by atoms with Gasteiger partial charge in [-0.1, -0.05) is 19.1 Å². The van der Waals surface area contributed by atoms with E-state index in [0.29, 0.717) is 29.6 Å². The molecular weight excluding hydrogens is 250 g/mol. The fraction of sp³-hybridized carbons (Fsp3) is 0.500. The maximum atomic E-state index is 12.0. The van der Waals surface area contributed by atoms with Crippen LogP contribution in [0.15, 0.2) is 24.3 Å². The summed E-state index contributed by atoms with van der Waals surface area (Å²) in [5.41, 5.74) is 1.10. The minimum atomic E-state index is -0.0283. The highest BCUT2D eigenvalue weighted by atomic mass is 16.1. The molecule has 20 heavy (non-hydrogen) atoms. The van der Waals surface area contributed by atoms with Gasteiger partial charge < -0.3 is 5.32 Å². The van der Waals surface area contributed by atoms with Gasteiger partial charge in [0.1, 0.15) is 6.07 Å². The predicted molar refractivity (Wildman–Crippen MR) is 79.2 cm³/mol. The van der Waals surface area contributed by atoms with Crippen LogP contribution in [0, 0.1) is 17.2 Å². The number of hydrogen-bond donors (Lipinski definition) is 1. The first-order chi connectivity index (χ1) is 9.60. The van der Waals surface area contributed by atoms with E-state index in [-0.39, 0.29) is 5.91 Å². The van der Waals surface area contributed by atoms with Crippen molar-refractivity contribution >= 4 is 11.6 Å². The van der Waals surface area contributed by atoms with Crippen LogP contribution >= 0.6 is 0 Å². The number of carbonyl (C=O) groups is 1. The summed E-state index contributed by atoms with van der Waals surface area (Å²) in [4.78, 5) is 14.3. The lowest BCUT2D eigenvalue weighted by molar-refractivity contribution is -0.116. The van der Waals surface area contributed by atoms with Gasteiger partial charge in [0.25, 0.3) is 0 Å². The van der Waals surface area contributed by atoms with Crippen LogP contribution in [-0.4, -0.2) is 29.9 Å². The van der Waals surface area contributed by atoms with Gasteiger partial charge in [0.2, 0.25) is 5.91 Å². The maximum absolute atomic E-state index is 12.0. The number of anilines is 1. The molecule has 1 N–H and O–H groups in total. The van der Waals surface area contributed by atoms with E-state index in [1.54, 1.807) is 18.2 Å². The molecule has 1 amide bonds. The van der Waals surface area contributed by atoms with Gasteiger partial charge in [-0.05, 0) is 31.4 Å². The number of carbonyl (C=O) groups excluding carboxylic acids is 1. The van der Waals surface area contributed by atoms with Crippen LogP contribution in [0.25, 0.3) is 0 Å². The number of amides is 1. The van der Waals surface area contributed by atoms with Gasteiger partial charge in [0, 0.05) is 25.6 Å². The molecule has 1 fully saturated rings. The van der Waals surface area contributed by atoms with Crippen molar-refractivity contribution in [2.75, 3.05) is 18.4 Å². The van der Waals surface area contributed by atoms with Gasteiger partial charge in [-0.3, -0.25) is 9.69 Å². The van der Waals surface area contributed by atoms with E-state index in [4.69, 9.17) is 5.26 Å². The Kier molecular flexibility index (Phi) is 4.75. The molecule has 1 heterocycles. The monoisotopic (exact) mass is 271 g/mol. The van der Waals surface area contributed by atoms with Gasteiger partial charge in [0.15, 0.2) is 0 Å². The molecule has 2 atom stereocenters. The minimum Gasteiger partial charge on any atom is -0.325 e. The lowest BCUT2D eigenvalue weighted by atomic mass is 10.1. The van der Waals surface area contributed by atoms with Crippen molar-refractivity contribution in [2.24, 2.45) is 5.92 Å². The highest BCUT2D eigenvalue weighted by molar-refractivity contribution is 5.92. The lowest BCUT2D eigenvalue weighted by Gasteiger charge is -2.20. The average molecular weight is 271 g/mol. The zero-order valence-corrected chi connectivity index (χ0v) is 12.1. The Hall–Kier alpha value is -1.86. The van der Waals surface area contributed by atoms with E-state index >= 15 is 0 Å². The van der Waals surface area contributed by atoms with Crippen molar-refractivity contribution in [3.05, 3.63) is 29.8 Å². The number of benzene rings is 1. The van der Waals surface area contributed by atoms with Crippen LogP contribution in [0.1, 0.15) is 32.3 Å². The Morgan fingerprint density at radius 1 is 1.45 bits per heavy atom. The highest BCUT2D eigenvalue weighted by Gasteiger charge is 2.25. The quantitative estimate of drug-likeness (QED) is 0.915. The Bertz CT molecular complexity index is 521. The van der Waals surface area contributed by atoms with Crippen molar-refractivity contribution in [3.63, 3.8) is 0 Å². The second-order valence-electron chi connectivity index (χ2n) is 5.64. The topological polar surface area (TPSA) is 56.1 Å². The van der Waals surface area contributed by atoms with Crippen LogP contribution in [0.4, 0.5) is 5.69 Å². The van der Waals surface area contributed by atoms with Crippen LogP contribution in [0.2, 0.25) is 0 Å². The predicted octanol–water partition coefficient (Wildman–Crippen LogP) is 2.62. The van der Waals surface area contributed by atoms with E-state index in [9.17, 15) is 4.79 Å². The van der Waals surface area contributed by atoms with Crippen molar-refractivity contribution < 1.29 is 4.79 Å². The number of hydrogen-bond acceptors (Lipinski definition) is 3. The molecule has 1 aromatic rings. The second kappa shape index (κ2) is 6.53. The summed E-state index contributed by atoms with van der Waals surface area (Å²) >= 11 is 0. The first kappa shape index (κ1) is 14.5. The standard InChI is InChI=1S/C16H21N3O/c1-12-9-13(2)19(11-12)8-7-16(20)18-15-6-4-3-5-14(15)10-17/h3-6,12-13H,7-9,11H2,1-2H3,(H,18,20). The third kappa shape index (κ3) is 3.58. The summed E-state index contributed by atoms with van der Waals surface area (Å²) in [6.45, 7) is 6.32. The normalized spacial score (nSPS) is 22.4. The molecule has 4 heteroatoms. The van der Waals surface area contributed by atoms with Gasteiger partial charge in [-0.2, -0.15) is 5.26 Å². The minimum absolute atomic E-state index is 0.0283. The van der Waals surface area contributed by atoms with Crippen molar-refractivity contribution in [1.82, 2.24) is 4.90 Å². The fourth-order valence-electron chi connectivity index (χ4n) is 2.85. The van der Waals surface area contributed by atoms with E-state index in [2.05, 4.69) is 30.1 Å². The van der Waals surface area contributed by atoms with Crippen LogP contribution < -0.4 is 5.32 Å². The van der Waals surface area contributed by atoms with Gasteiger partial charge in [-0.25, -0.2) is 0 Å². The molecule has 4 nitrogen and oxygen atoms in total. The Labute approximate surface area is 120 Å². The van der Waals surface area contributed by atoms with Crippen molar-refractivity contribution in [2.45, 2.75) is 32.7 Å². The number of nitriles is 1. The molecule has 0 spiro atoms. The molecule has 0 saturated carbocycles. The number of rotatable bonds is 4. The fourth-order valence-corrected chi connectivity index (χ4v) is 2.85. The largest absolute Gasteiger partial charge is 0.325 e. The molecule has 1 saturated heterocycles. The summed E-state index contributed by atoms with van der Waals surface area (Å²) in [7, 11) is 0. The third-order valence-electron chi connectivity index (χ3n) is 3.86. The molecule has 2 unspecified atom stereocenters. The van der Waals surface area contributed by atoms with Crippen LogP contribution in [0.3, 0.4) is 0 Å². The molecule has 1 aromatic carbocycles. The second-order valence-corrected chi connectivity index (χ2v) is 5.64. The summed E-state index contributed by atoms with van der Waals surface area (Å²) in [6, 6.07) is 9.73. The smallest absolute Gasteiger partial charge is 0.225 e. The van der Waals surface area contributed by atoms with E-state index in [1.807, 2.05) is 6.07 Å². The first-order valence-corrected chi connectivity index (χ1v) is 7.13. The molecule has 0 bridgehead atoms. The zero-order valence-electron chi connectivity index (χ0n) is 12.1. The summed E-state index contributed by atoms with van der Waals surface area (Å²) in [6.07, 6.45) is 1.68. The summed E-state index contributed by atoms with van der Waals surface area (Å²) in [5, 5.41) is 11.8. The van der Waals surface area contributed by atoms with E-state index in [0.717, 1.165) is 13.1 Å². The van der Waals surface area contributed by atoms with Gasteiger partial charge in [-0.15, -0.1) is 0 Å². The SMILES string of the molecule is CC1CC(C)N(CCC(=O)Nc2ccccc2C#N)C1. The molecule has 1 aliphatic rings. The lowest BCUT2D eigenvalue weighted by Crippen LogP contribution is -2.30. The van der Waals surface area contributed by atoms with E-state index in [1.165, 1.54) is 6.42 Å². The molecule has 0 aromatic heterocycles.